The van der Waals surface area contributed by atoms with Crippen LogP contribution in [0.1, 0.15) is 102 Å². The molecule has 1 saturated carbocycles. The van der Waals surface area contributed by atoms with Gasteiger partial charge in [0.15, 0.2) is 0 Å². The summed E-state index contributed by atoms with van der Waals surface area (Å²) in [6.07, 6.45) is 6.40. The summed E-state index contributed by atoms with van der Waals surface area (Å²) < 4.78 is 14.0. The highest BCUT2D eigenvalue weighted by Crippen LogP contribution is 2.55. The number of amides is 4. The van der Waals surface area contributed by atoms with Crippen molar-refractivity contribution in [2.24, 2.45) is 16.2 Å². The lowest BCUT2D eigenvalue weighted by Crippen LogP contribution is -2.74. The third-order valence-corrected chi connectivity index (χ3v) is 13.9. The fourth-order valence-corrected chi connectivity index (χ4v) is 10.2. The molecular weight excluding hydrogens is 906 g/mol. The molecule has 3 aromatic carbocycles. The molecule has 16 heteroatoms. The summed E-state index contributed by atoms with van der Waals surface area (Å²) in [5, 5.41) is 22.0. The maximum Gasteiger partial charge on any atom is 0.251 e. The van der Waals surface area contributed by atoms with E-state index in [1.165, 1.54) is 0 Å². The van der Waals surface area contributed by atoms with Crippen LogP contribution in [0.15, 0.2) is 97.5 Å². The number of imidazole rings is 1. The number of aromatic nitrogens is 3. The molecule has 1 aliphatic carbocycles. The molecule has 70 heavy (non-hydrogen) atoms. The molecule has 0 bridgehead atoms. The van der Waals surface area contributed by atoms with Crippen LogP contribution in [-0.2, 0) is 19.1 Å². The first-order valence-corrected chi connectivity index (χ1v) is 24.1. The van der Waals surface area contributed by atoms with Gasteiger partial charge in [-0.1, -0.05) is 84.3 Å². The zero-order valence-corrected chi connectivity index (χ0v) is 42.2. The van der Waals surface area contributed by atoms with E-state index >= 15 is 0 Å². The number of nitrogens with one attached hydrogen (secondary N) is 4. The fourth-order valence-electron chi connectivity index (χ4n) is 10.00. The van der Waals surface area contributed by atoms with Gasteiger partial charge in [0.05, 0.1) is 23.2 Å². The SMILES string of the molecule is Cc1nccn1-c1ccc([C@H](C)NC(=O)[C@@H]2CCCN2C(=O)C(NC(=O)COCCNc2ccc(-c3ccc(C(=O)NC4C(C)(C)C(Oc5ccc(C#N)c(Cl)c5)C4(C)C)cc3)cn2)C(C)(C)C)cc1. The van der Waals surface area contributed by atoms with Crippen LogP contribution >= 0.6 is 11.6 Å². The molecule has 0 radical (unpaired) electrons. The minimum absolute atomic E-state index is 0.171. The summed E-state index contributed by atoms with van der Waals surface area (Å²) in [5.41, 5.74) is 3.18. The van der Waals surface area contributed by atoms with Crippen LogP contribution in [0.3, 0.4) is 0 Å². The van der Waals surface area contributed by atoms with Crippen LogP contribution in [0.4, 0.5) is 5.82 Å². The van der Waals surface area contributed by atoms with Crippen molar-refractivity contribution in [2.75, 3.05) is 31.6 Å². The molecule has 7 rings (SSSR count). The number of carbonyl (C=O) groups is 4. The maximum absolute atomic E-state index is 14.1. The van der Waals surface area contributed by atoms with E-state index in [0.29, 0.717) is 53.6 Å². The summed E-state index contributed by atoms with van der Waals surface area (Å²) in [7, 11) is 0. The van der Waals surface area contributed by atoms with E-state index in [1.54, 1.807) is 47.6 Å². The molecule has 2 aliphatic rings. The highest BCUT2D eigenvalue weighted by Gasteiger charge is 2.64. The van der Waals surface area contributed by atoms with Gasteiger partial charge >= 0.3 is 0 Å². The van der Waals surface area contributed by atoms with Crippen molar-refractivity contribution in [1.82, 2.24) is 35.4 Å². The Morgan fingerprint density at radius 3 is 2.24 bits per heavy atom. The lowest BCUT2D eigenvalue weighted by Gasteiger charge is -2.63. The number of rotatable bonds is 17. The molecule has 1 unspecified atom stereocenters. The van der Waals surface area contributed by atoms with Crippen molar-refractivity contribution < 1.29 is 28.7 Å². The number of benzene rings is 3. The number of nitriles is 1. The first kappa shape index (κ1) is 51.1. The molecule has 368 valence electrons. The van der Waals surface area contributed by atoms with Crippen LogP contribution in [-0.4, -0.2) is 93.6 Å². The summed E-state index contributed by atoms with van der Waals surface area (Å²) in [6.45, 7) is 18.6. The Kier molecular flexibility index (Phi) is 15.4. The van der Waals surface area contributed by atoms with Gasteiger partial charge in [-0.3, -0.25) is 19.2 Å². The van der Waals surface area contributed by atoms with Crippen LogP contribution in [0.2, 0.25) is 5.02 Å². The van der Waals surface area contributed by atoms with E-state index in [9.17, 15) is 24.4 Å². The molecule has 2 aromatic heterocycles. The number of aryl methyl sites for hydroxylation is 1. The largest absolute Gasteiger partial charge is 0.489 e. The summed E-state index contributed by atoms with van der Waals surface area (Å²) >= 11 is 6.25. The molecule has 1 aliphatic heterocycles. The monoisotopic (exact) mass is 969 g/mol. The minimum Gasteiger partial charge on any atom is -0.489 e. The van der Waals surface area contributed by atoms with Gasteiger partial charge in [-0.25, -0.2) is 9.97 Å². The quantitative estimate of drug-likeness (QED) is 0.0661. The average Bonchev–Trinajstić information content (AvgIpc) is 4.01. The van der Waals surface area contributed by atoms with Crippen molar-refractivity contribution in [3.05, 3.63) is 125 Å². The van der Waals surface area contributed by atoms with Gasteiger partial charge in [-0.05, 0) is 91.8 Å². The number of ether oxygens (including phenoxy) is 2. The Labute approximate surface area is 415 Å². The molecule has 1 saturated heterocycles. The smallest absolute Gasteiger partial charge is 0.251 e. The first-order valence-electron chi connectivity index (χ1n) is 23.7. The first-order chi connectivity index (χ1) is 33.2. The Bertz CT molecular complexity index is 2710. The molecule has 3 heterocycles. The summed E-state index contributed by atoms with van der Waals surface area (Å²) in [5.74, 6) is 0.950. The number of anilines is 1. The summed E-state index contributed by atoms with van der Waals surface area (Å²) in [6, 6.07) is 24.2. The zero-order chi connectivity index (χ0) is 50.5. The van der Waals surface area contributed by atoms with E-state index in [2.05, 4.69) is 65.0 Å². The van der Waals surface area contributed by atoms with Crippen LogP contribution in [0.5, 0.6) is 5.75 Å². The molecule has 15 nitrogen and oxygen atoms in total. The second kappa shape index (κ2) is 21.1. The maximum atomic E-state index is 14.1. The highest BCUT2D eigenvalue weighted by molar-refractivity contribution is 6.31. The number of halogens is 1. The van der Waals surface area contributed by atoms with E-state index in [4.69, 9.17) is 21.1 Å². The number of hydrogen-bond acceptors (Lipinski definition) is 10. The molecule has 3 atom stereocenters. The molecule has 4 N–H and O–H groups in total. The van der Waals surface area contributed by atoms with E-state index in [-0.39, 0.29) is 49.1 Å². The molecule has 4 amide bonds. The number of nitrogens with zero attached hydrogens (tertiary/aromatic N) is 5. The van der Waals surface area contributed by atoms with Crippen LogP contribution in [0, 0.1) is 34.5 Å². The van der Waals surface area contributed by atoms with Crippen LogP contribution < -0.4 is 26.0 Å². The Hall–Kier alpha value is -6.76. The topological polar surface area (TPSA) is 193 Å². The Balaban J connectivity index is 0.838. The zero-order valence-electron chi connectivity index (χ0n) is 41.4. The van der Waals surface area contributed by atoms with Crippen molar-refractivity contribution in [3.8, 4) is 28.6 Å². The normalized spacial score (nSPS) is 18.9. The van der Waals surface area contributed by atoms with Gasteiger partial charge < -0.3 is 40.2 Å². The van der Waals surface area contributed by atoms with Gasteiger partial charge in [0.25, 0.3) is 5.91 Å². The second-order valence-electron chi connectivity index (χ2n) is 20.5. The number of pyridine rings is 1. The van der Waals surface area contributed by atoms with E-state index in [0.717, 1.165) is 28.2 Å². The average molecular weight is 971 g/mol. The van der Waals surface area contributed by atoms with Crippen molar-refractivity contribution in [3.63, 3.8) is 0 Å². The van der Waals surface area contributed by atoms with Crippen molar-refractivity contribution in [1.29, 1.82) is 5.26 Å². The third kappa shape index (κ3) is 11.3. The standard InChI is InChI=1S/C54H64ClN9O6/c1-33(35-16-20-40(21-17-35)63-27-24-57-34(63)2)60-48(67)43-11-10-26-64(43)49(68)46(52(3,4)5)61-45(65)32-69-28-25-58-44-23-19-39(31-59-44)36-12-14-37(15-13-36)47(66)62-50-53(6,7)51(54(50,8)9)70-41-22-18-38(30-56)42(55)29-41/h12-24,27,29,31,33,43,46,50-51H,10-11,25-26,28,32H2,1-9H3,(H,58,59)(H,60,67)(H,61,65)(H,62,66)/t33-,43-,46?,50?,51?/m0/s1. The number of likely N-dealkylation sites (tertiary alicyclic amines) is 1. The lowest BCUT2D eigenvalue weighted by molar-refractivity contribution is -0.164. The second-order valence-corrected chi connectivity index (χ2v) is 20.9. The van der Waals surface area contributed by atoms with Gasteiger partial charge in [0.1, 0.15) is 48.3 Å². The minimum atomic E-state index is -0.868. The Morgan fingerprint density at radius 1 is 0.929 bits per heavy atom. The highest BCUT2D eigenvalue weighted by atomic mass is 35.5. The molecular formula is C54H64ClN9O6. The van der Waals surface area contributed by atoms with Crippen LogP contribution in [0.25, 0.3) is 16.8 Å². The Morgan fingerprint density at radius 2 is 1.63 bits per heavy atom. The van der Waals surface area contributed by atoms with Crippen molar-refractivity contribution >= 4 is 41.0 Å². The fraction of sp³-hybridized carbons (Fsp3) is 0.426. The molecule has 2 fully saturated rings. The lowest BCUT2D eigenvalue weighted by atomic mass is 9.49. The number of hydrogen-bond donors (Lipinski definition) is 4. The third-order valence-electron chi connectivity index (χ3n) is 13.6. The van der Waals surface area contributed by atoms with Crippen molar-refractivity contribution in [2.45, 2.75) is 105 Å². The molecule has 5 aromatic rings. The summed E-state index contributed by atoms with van der Waals surface area (Å²) in [4.78, 5) is 64.8. The molecule has 0 spiro atoms. The van der Waals surface area contributed by atoms with Gasteiger partial charge in [0.2, 0.25) is 17.7 Å². The van der Waals surface area contributed by atoms with Gasteiger partial charge in [0, 0.05) is 71.4 Å². The van der Waals surface area contributed by atoms with E-state index in [1.807, 2.05) is 93.9 Å². The number of carbonyl (C=O) groups excluding carboxylic acids is 4. The predicted molar refractivity (Wildman–Crippen MR) is 269 cm³/mol. The predicted octanol–water partition coefficient (Wildman–Crippen LogP) is 8.21. The van der Waals surface area contributed by atoms with Gasteiger partial charge in [-0.2, -0.15) is 5.26 Å². The van der Waals surface area contributed by atoms with Gasteiger partial charge in [-0.15, -0.1) is 0 Å². The van der Waals surface area contributed by atoms with E-state index < -0.39 is 34.2 Å².